The number of rotatable bonds is 7. The molecule has 0 aliphatic rings. The lowest BCUT2D eigenvalue weighted by Gasteiger charge is -2.15. The average Bonchev–Trinajstić information content (AvgIpc) is 3.37. The van der Waals surface area contributed by atoms with Crippen LogP contribution in [0.1, 0.15) is 21.5 Å². The molecule has 0 N–H and O–H groups in total. The molecule has 5 aromatic carbocycles. The van der Waals surface area contributed by atoms with Crippen molar-refractivity contribution in [1.29, 1.82) is 5.26 Å². The van der Waals surface area contributed by atoms with E-state index in [1.807, 2.05) is 67.6 Å². The molecule has 0 aliphatic heterocycles. The summed E-state index contributed by atoms with van der Waals surface area (Å²) in [6.45, 7) is 2.03. The molecule has 0 saturated heterocycles. The van der Waals surface area contributed by atoms with Gasteiger partial charge < -0.3 is 9.47 Å². The van der Waals surface area contributed by atoms with Gasteiger partial charge in [-0.15, -0.1) is 0 Å². The predicted octanol–water partition coefficient (Wildman–Crippen LogP) is 9.97. The minimum atomic E-state index is -0.474. The van der Waals surface area contributed by atoms with Gasteiger partial charge in [-0.2, -0.15) is 5.26 Å². The van der Waals surface area contributed by atoms with Crippen LogP contribution in [-0.4, -0.2) is 24.2 Å². The maximum Gasteiger partial charge on any atom is 0.337 e. The van der Waals surface area contributed by atoms with Crippen LogP contribution in [0.5, 0.6) is 5.75 Å². The molecule has 6 aromatic rings. The Kier molecular flexibility index (Phi) is 8.36. The van der Waals surface area contributed by atoms with E-state index < -0.39 is 5.97 Å². The van der Waals surface area contributed by atoms with E-state index in [0.717, 1.165) is 38.4 Å². The van der Waals surface area contributed by atoms with Crippen LogP contribution in [-0.2, 0) is 4.74 Å². The van der Waals surface area contributed by atoms with E-state index in [-0.39, 0.29) is 5.82 Å². The number of fused-ring (bicyclic) bond motifs is 1. The molecule has 8 heteroatoms. The Hall–Kier alpha value is -5.03. The third kappa shape index (κ3) is 5.66. The summed E-state index contributed by atoms with van der Waals surface area (Å²) in [4.78, 5) is 13.1. The Morgan fingerprint density at radius 1 is 0.889 bits per heavy atom. The number of methoxy groups -OCH3 is 2. The molecule has 1 heterocycles. The summed E-state index contributed by atoms with van der Waals surface area (Å²) >= 11 is 8.19. The molecule has 0 amide bonds. The lowest BCUT2D eigenvalue weighted by molar-refractivity contribution is 0.0600. The molecule has 0 bridgehead atoms. The van der Waals surface area contributed by atoms with Crippen LogP contribution in [0.2, 0.25) is 5.02 Å². The van der Waals surface area contributed by atoms with Gasteiger partial charge in [-0.05, 0) is 79.0 Å². The molecule has 0 aliphatic carbocycles. The standard InChI is InChI=1S/C37H26ClFN2O3S/c1-22-10-14-27(15-11-22)45-41-33-17-13-26(39)20-30(33)35(29-8-5-9-34(43-2)31(29)21-40)36(41)24-7-4-6-23(18-24)28-16-12-25(19-32(28)38)37(42)44-3/h4-20H,1-3H3. The first kappa shape index (κ1) is 30.0. The fraction of sp³-hybridized carbons (Fsp3) is 0.0811. The second-order valence-corrected chi connectivity index (χ2v) is 11.8. The highest BCUT2D eigenvalue weighted by Gasteiger charge is 2.25. The van der Waals surface area contributed by atoms with E-state index in [1.165, 1.54) is 38.3 Å². The summed E-state index contributed by atoms with van der Waals surface area (Å²) in [6.07, 6.45) is 0. The lowest BCUT2D eigenvalue weighted by atomic mass is 9.93. The van der Waals surface area contributed by atoms with Crippen molar-refractivity contribution >= 4 is 40.4 Å². The molecule has 0 spiro atoms. The van der Waals surface area contributed by atoms with Crippen LogP contribution in [0.15, 0.2) is 108 Å². The minimum absolute atomic E-state index is 0.350. The molecule has 222 valence electrons. The Labute approximate surface area is 269 Å². The highest BCUT2D eigenvalue weighted by molar-refractivity contribution is 7.98. The summed E-state index contributed by atoms with van der Waals surface area (Å²) in [7, 11) is 2.85. The Bertz CT molecular complexity index is 2130. The van der Waals surface area contributed by atoms with Crippen molar-refractivity contribution in [1.82, 2.24) is 3.97 Å². The minimum Gasteiger partial charge on any atom is -0.495 e. The Balaban J connectivity index is 1.66. The van der Waals surface area contributed by atoms with Crippen molar-refractivity contribution in [2.24, 2.45) is 0 Å². The number of nitriles is 1. The van der Waals surface area contributed by atoms with E-state index >= 15 is 0 Å². The fourth-order valence-corrected chi connectivity index (χ4v) is 6.73. The average molecular weight is 633 g/mol. The maximum atomic E-state index is 15.0. The molecule has 0 radical (unpaired) electrons. The summed E-state index contributed by atoms with van der Waals surface area (Å²) < 4.78 is 27.5. The molecule has 1 aromatic heterocycles. The Morgan fingerprint density at radius 2 is 1.64 bits per heavy atom. The number of ether oxygens (including phenoxy) is 2. The van der Waals surface area contributed by atoms with Crippen molar-refractivity contribution < 1.29 is 18.7 Å². The zero-order valence-electron chi connectivity index (χ0n) is 24.6. The van der Waals surface area contributed by atoms with Gasteiger partial charge in [0.25, 0.3) is 0 Å². The molecule has 0 fully saturated rings. The zero-order chi connectivity index (χ0) is 31.7. The third-order valence-corrected chi connectivity index (χ3v) is 8.93. The van der Waals surface area contributed by atoms with Crippen LogP contribution in [0.4, 0.5) is 4.39 Å². The Morgan fingerprint density at radius 3 is 2.36 bits per heavy atom. The first-order chi connectivity index (χ1) is 21.8. The number of esters is 1. The van der Waals surface area contributed by atoms with Gasteiger partial charge in [0.15, 0.2) is 0 Å². The van der Waals surface area contributed by atoms with Crippen LogP contribution >= 0.6 is 23.5 Å². The van der Waals surface area contributed by atoms with Gasteiger partial charge in [0.05, 0.1) is 31.0 Å². The molecular weight excluding hydrogens is 607 g/mol. The zero-order valence-corrected chi connectivity index (χ0v) is 26.2. The number of nitrogens with zero attached hydrogens (tertiary/aromatic N) is 2. The van der Waals surface area contributed by atoms with Crippen molar-refractivity contribution in [3.8, 4) is 45.3 Å². The summed E-state index contributed by atoms with van der Waals surface area (Å²) in [5.41, 5.74) is 7.07. The second kappa shape index (κ2) is 12.5. The van der Waals surface area contributed by atoms with E-state index in [9.17, 15) is 14.4 Å². The third-order valence-electron chi connectivity index (χ3n) is 7.57. The first-order valence-corrected chi connectivity index (χ1v) is 15.1. The monoisotopic (exact) mass is 632 g/mol. The summed E-state index contributed by atoms with van der Waals surface area (Å²) in [5.74, 6) is -0.436. The van der Waals surface area contributed by atoms with E-state index in [2.05, 4.69) is 10.0 Å². The molecule has 0 saturated carbocycles. The normalized spacial score (nSPS) is 10.9. The van der Waals surface area contributed by atoms with Gasteiger partial charge in [-0.1, -0.05) is 65.7 Å². The number of aryl methyl sites for hydroxylation is 1. The number of benzene rings is 5. The van der Waals surface area contributed by atoms with Gasteiger partial charge in [0, 0.05) is 37.6 Å². The second-order valence-electron chi connectivity index (χ2n) is 10.3. The van der Waals surface area contributed by atoms with Gasteiger partial charge >= 0.3 is 5.97 Å². The fourth-order valence-electron chi connectivity index (χ4n) is 5.42. The number of aromatic nitrogens is 1. The van der Waals surface area contributed by atoms with E-state index in [0.29, 0.717) is 38.4 Å². The number of hydrogen-bond acceptors (Lipinski definition) is 5. The molecule has 0 atom stereocenters. The largest absolute Gasteiger partial charge is 0.495 e. The van der Waals surface area contributed by atoms with Gasteiger partial charge in [-0.25, -0.2) is 9.18 Å². The van der Waals surface area contributed by atoms with Crippen molar-refractivity contribution in [2.75, 3.05) is 14.2 Å². The number of halogens is 2. The van der Waals surface area contributed by atoms with Gasteiger partial charge in [0.2, 0.25) is 0 Å². The van der Waals surface area contributed by atoms with E-state index in [4.69, 9.17) is 21.1 Å². The SMILES string of the molecule is COC(=O)c1ccc(-c2cccc(-c3c(-c4cccc(OC)c4C#N)c4cc(F)ccc4n3Sc3ccc(C)cc3)c2)c(Cl)c1. The summed E-state index contributed by atoms with van der Waals surface area (Å²) in [5, 5.41) is 11.3. The smallest absolute Gasteiger partial charge is 0.337 e. The van der Waals surface area contributed by atoms with Crippen molar-refractivity contribution in [2.45, 2.75) is 11.8 Å². The van der Waals surface area contributed by atoms with Crippen LogP contribution in [0.25, 0.3) is 44.4 Å². The van der Waals surface area contributed by atoms with Crippen LogP contribution in [0.3, 0.4) is 0 Å². The van der Waals surface area contributed by atoms with Crippen molar-refractivity contribution in [3.63, 3.8) is 0 Å². The number of hydrogen-bond donors (Lipinski definition) is 0. The number of carbonyl (C=O) groups is 1. The quantitative estimate of drug-likeness (QED) is 0.164. The van der Waals surface area contributed by atoms with E-state index in [1.54, 1.807) is 30.3 Å². The van der Waals surface area contributed by atoms with Crippen molar-refractivity contribution in [3.05, 3.63) is 131 Å². The number of carbonyl (C=O) groups excluding carboxylic acids is 1. The highest BCUT2D eigenvalue weighted by Crippen LogP contribution is 2.47. The molecule has 45 heavy (non-hydrogen) atoms. The molecular formula is C37H26ClFN2O3S. The molecule has 5 nitrogen and oxygen atoms in total. The van der Waals surface area contributed by atoms with Gasteiger partial charge in [0.1, 0.15) is 23.2 Å². The highest BCUT2D eigenvalue weighted by atomic mass is 35.5. The topological polar surface area (TPSA) is 64.2 Å². The first-order valence-electron chi connectivity index (χ1n) is 14.0. The lowest BCUT2D eigenvalue weighted by Crippen LogP contribution is -2.01. The van der Waals surface area contributed by atoms with Crippen LogP contribution in [0, 0.1) is 24.1 Å². The van der Waals surface area contributed by atoms with Gasteiger partial charge in [-0.3, -0.25) is 3.97 Å². The summed E-state index contributed by atoms with van der Waals surface area (Å²) in [6, 6.07) is 33.5. The molecule has 6 rings (SSSR count). The predicted molar refractivity (Wildman–Crippen MR) is 178 cm³/mol. The molecule has 0 unspecified atom stereocenters. The van der Waals surface area contributed by atoms with Crippen LogP contribution < -0.4 is 4.74 Å². The maximum absolute atomic E-state index is 15.0.